The summed E-state index contributed by atoms with van der Waals surface area (Å²) < 4.78 is 92.1. The van der Waals surface area contributed by atoms with Crippen molar-refractivity contribution in [2.45, 2.75) is 86.0 Å². The Balaban J connectivity index is 0.000000454. The summed E-state index contributed by atoms with van der Waals surface area (Å²) in [5.41, 5.74) is -1.44. The number of unbranched alkanes of at least 4 members (excludes halogenated alkanes) is 4. The zero-order valence-corrected chi connectivity index (χ0v) is 39.6. The predicted octanol–water partition coefficient (Wildman–Crippen LogP) is 12.5. The van der Waals surface area contributed by atoms with E-state index in [4.69, 9.17) is 62.6 Å². The van der Waals surface area contributed by atoms with E-state index in [-0.39, 0.29) is 56.4 Å². The van der Waals surface area contributed by atoms with Crippen molar-refractivity contribution in [1.29, 1.82) is 0 Å². The number of carboxylic acid groups (broad SMARTS) is 4. The molecule has 4 N–H and O–H groups in total. The van der Waals surface area contributed by atoms with Crippen molar-refractivity contribution in [3.63, 3.8) is 0 Å². The van der Waals surface area contributed by atoms with E-state index in [1.165, 1.54) is 50.4 Å². The van der Waals surface area contributed by atoms with Crippen LogP contribution in [-0.4, -0.2) is 83.6 Å². The molecule has 0 fully saturated rings. The number of carbonyl (C=O) groups is 5. The molecule has 4 aromatic carbocycles. The highest BCUT2D eigenvalue weighted by Crippen LogP contribution is 2.42. The van der Waals surface area contributed by atoms with E-state index in [1.54, 1.807) is 6.92 Å². The maximum atomic E-state index is 13.3. The lowest BCUT2D eigenvalue weighted by Gasteiger charge is -2.14. The van der Waals surface area contributed by atoms with E-state index in [0.717, 1.165) is 44.6 Å². The molecule has 0 bridgehead atoms. The Morgan fingerprint density at radius 1 is 0.500 bits per heavy atom. The highest BCUT2D eigenvalue weighted by Gasteiger charge is 2.30. The molecule has 0 radical (unpaired) electrons. The molecular weight excluding hydrogens is 954 g/mol. The zero-order valence-electron chi connectivity index (χ0n) is 38.0. The van der Waals surface area contributed by atoms with Gasteiger partial charge >= 0.3 is 23.9 Å². The molecule has 68 heavy (non-hydrogen) atoms. The molecule has 0 aromatic heterocycles. The van der Waals surface area contributed by atoms with Crippen molar-refractivity contribution in [3.8, 4) is 28.7 Å². The summed E-state index contributed by atoms with van der Waals surface area (Å²) in [5, 5.41) is 34.9. The van der Waals surface area contributed by atoms with Gasteiger partial charge < -0.3 is 44.1 Å². The summed E-state index contributed by atoms with van der Waals surface area (Å²) in [6, 6.07) is 9.26. The predicted molar refractivity (Wildman–Crippen MR) is 242 cm³/mol. The highest BCUT2D eigenvalue weighted by molar-refractivity contribution is 6.44. The molecule has 21 heteroatoms. The van der Waals surface area contributed by atoms with E-state index in [9.17, 15) is 45.9 Å². The average Bonchev–Trinajstić information content (AvgIpc) is 3.29. The van der Waals surface area contributed by atoms with Crippen LogP contribution in [0.5, 0.6) is 28.7 Å². The SMILES string of the molecule is CCCCOc1c(F)c(F)c(C(=O)O)c(F)c1F.CCCCOc1c(OC)cc(C(=O)O)c(Cl)c1Cl.CCCCOc1ccc(C(=O)O)cc1C(C)=O.CCCCOc1ccc(C(=O)O)cc1F. The van der Waals surface area contributed by atoms with E-state index in [0.29, 0.717) is 44.0 Å². The third kappa shape index (κ3) is 18.4. The lowest BCUT2D eigenvalue weighted by molar-refractivity contribution is 0.0674. The summed E-state index contributed by atoms with van der Waals surface area (Å²) in [6.07, 6.45) is 6.64. The Labute approximate surface area is 399 Å². The second-order valence-electron chi connectivity index (χ2n) is 14.0. The number of hydrogen-bond donors (Lipinski definition) is 4. The lowest BCUT2D eigenvalue weighted by Crippen LogP contribution is -2.12. The van der Waals surface area contributed by atoms with Crippen molar-refractivity contribution in [2.75, 3.05) is 33.5 Å². The number of ketones is 1. The maximum absolute atomic E-state index is 13.3. The van der Waals surface area contributed by atoms with E-state index < -0.39 is 64.3 Å². The minimum absolute atomic E-state index is 0.0449. The number of aromatic carboxylic acids is 4. The van der Waals surface area contributed by atoms with Gasteiger partial charge in [0.1, 0.15) is 16.3 Å². The normalized spacial score (nSPS) is 10.2. The molecule has 0 aliphatic rings. The van der Waals surface area contributed by atoms with E-state index >= 15 is 0 Å². The van der Waals surface area contributed by atoms with Crippen LogP contribution in [0.15, 0.2) is 42.5 Å². The van der Waals surface area contributed by atoms with Gasteiger partial charge in [0.15, 0.2) is 46.2 Å². The van der Waals surface area contributed by atoms with Crippen LogP contribution in [0.1, 0.15) is 138 Å². The Hall–Kier alpha value is -6.34. The van der Waals surface area contributed by atoms with Gasteiger partial charge in [0, 0.05) is 6.07 Å². The number of benzene rings is 4. The number of rotatable bonds is 22. The monoisotopic (exact) mass is 1010 g/mol. The molecule has 0 unspecified atom stereocenters. The molecule has 374 valence electrons. The van der Waals surface area contributed by atoms with Gasteiger partial charge in [-0.3, -0.25) is 4.79 Å². The number of Topliss-reactive ketones (excluding diaryl/α,β-unsaturated/α-hetero) is 1. The van der Waals surface area contributed by atoms with Crippen LogP contribution in [0, 0.1) is 29.1 Å². The van der Waals surface area contributed by atoms with Crippen LogP contribution in [0.25, 0.3) is 0 Å². The molecule has 0 heterocycles. The number of ether oxygens (including phenoxy) is 5. The van der Waals surface area contributed by atoms with Crippen LogP contribution >= 0.6 is 23.2 Å². The highest BCUT2D eigenvalue weighted by atomic mass is 35.5. The van der Waals surface area contributed by atoms with Gasteiger partial charge in [0.25, 0.3) is 0 Å². The second-order valence-corrected chi connectivity index (χ2v) is 14.7. The van der Waals surface area contributed by atoms with Gasteiger partial charge in [-0.2, -0.15) is 8.78 Å². The number of methoxy groups -OCH3 is 1. The standard InChI is InChI=1S/C13H16O4.C12H14Cl2O4.C11H10F4O3.C11H13FO3/c1-3-4-7-17-12-6-5-10(13(15)16)8-11(12)9(2)14;1-3-4-5-18-11-8(17-2)6-7(12(15)16)9(13)10(11)14;1-2-3-4-18-10-8(14)6(12)5(11(16)17)7(13)9(10)15;1-2-3-6-15-10-5-4-8(11(13)14)7-9(10)12/h5-6,8H,3-4,7H2,1-2H3,(H,15,16);6H,3-5H2,1-2H3,(H,15,16);2-4H2,1H3,(H,16,17);4-5,7H,2-3,6H2,1H3,(H,13,14). The maximum Gasteiger partial charge on any atom is 0.341 e. The van der Waals surface area contributed by atoms with Gasteiger partial charge in [-0.05, 0) is 69.0 Å². The second kappa shape index (κ2) is 30.8. The topological polar surface area (TPSA) is 212 Å². The van der Waals surface area contributed by atoms with Gasteiger partial charge in [-0.25, -0.2) is 32.3 Å². The molecule has 0 atom stereocenters. The van der Waals surface area contributed by atoms with Crippen molar-refractivity contribution in [3.05, 3.63) is 109 Å². The molecule has 0 saturated heterocycles. The number of carbonyl (C=O) groups excluding carboxylic acids is 1. The third-order valence-electron chi connectivity index (χ3n) is 8.80. The smallest absolute Gasteiger partial charge is 0.341 e. The van der Waals surface area contributed by atoms with Crippen LogP contribution in [0.2, 0.25) is 10.0 Å². The van der Waals surface area contributed by atoms with Crippen molar-refractivity contribution in [2.24, 2.45) is 0 Å². The molecule has 14 nitrogen and oxygen atoms in total. The van der Waals surface area contributed by atoms with Gasteiger partial charge in [-0.15, -0.1) is 0 Å². The van der Waals surface area contributed by atoms with Crippen molar-refractivity contribution in [1.82, 2.24) is 0 Å². The first-order valence-corrected chi connectivity index (χ1v) is 21.7. The Morgan fingerprint density at radius 3 is 1.32 bits per heavy atom. The van der Waals surface area contributed by atoms with Gasteiger partial charge in [-0.1, -0.05) is 76.6 Å². The zero-order chi connectivity index (χ0) is 51.7. The molecule has 4 aromatic rings. The summed E-state index contributed by atoms with van der Waals surface area (Å²) in [6.45, 7) is 10.6. The van der Waals surface area contributed by atoms with Crippen molar-refractivity contribution < 1.29 is 90.0 Å². The van der Waals surface area contributed by atoms with E-state index in [2.05, 4.69) is 4.74 Å². The van der Waals surface area contributed by atoms with E-state index in [1.807, 2.05) is 20.8 Å². The summed E-state index contributed by atoms with van der Waals surface area (Å²) in [5.74, 6) is -14.1. The lowest BCUT2D eigenvalue weighted by atomic mass is 10.1. The Kier molecular flexibility index (Phi) is 27.1. The van der Waals surface area contributed by atoms with Crippen LogP contribution in [0.4, 0.5) is 22.0 Å². The fraction of sp³-hybridized carbons (Fsp3) is 0.383. The first-order chi connectivity index (χ1) is 32.1. The number of halogens is 7. The minimum Gasteiger partial charge on any atom is -0.493 e. The fourth-order valence-corrected chi connectivity index (χ4v) is 5.53. The Bertz CT molecular complexity index is 2320. The number of carboxylic acids is 4. The quantitative estimate of drug-likeness (QED) is 0.0250. The first kappa shape index (κ1) is 59.7. The first-order valence-electron chi connectivity index (χ1n) is 21.0. The van der Waals surface area contributed by atoms with Crippen molar-refractivity contribution >= 4 is 52.9 Å². The molecular formula is C47H53Cl2F5O14. The Morgan fingerprint density at radius 2 is 0.926 bits per heavy atom. The van der Waals surface area contributed by atoms with Gasteiger partial charge in [0.05, 0.1) is 60.8 Å². The molecule has 0 aliphatic heterocycles. The number of hydrogen-bond acceptors (Lipinski definition) is 10. The van der Waals surface area contributed by atoms with Gasteiger partial charge in [0.2, 0.25) is 11.6 Å². The molecule has 4 rings (SSSR count). The molecule has 0 amide bonds. The van der Waals surface area contributed by atoms with Crippen LogP contribution < -0.4 is 23.7 Å². The molecule has 0 spiro atoms. The van der Waals surface area contributed by atoms with Crippen LogP contribution in [0.3, 0.4) is 0 Å². The largest absolute Gasteiger partial charge is 0.493 e. The average molecular weight is 1010 g/mol. The van der Waals surface area contributed by atoms with Crippen LogP contribution in [-0.2, 0) is 0 Å². The third-order valence-corrected chi connectivity index (χ3v) is 9.65. The molecule has 0 saturated carbocycles. The summed E-state index contributed by atoms with van der Waals surface area (Å²) in [4.78, 5) is 54.2. The summed E-state index contributed by atoms with van der Waals surface area (Å²) >= 11 is 11.9. The molecule has 0 aliphatic carbocycles. The summed E-state index contributed by atoms with van der Waals surface area (Å²) in [7, 11) is 1.41. The fourth-order valence-electron chi connectivity index (χ4n) is 5.06. The minimum atomic E-state index is -2.09.